The molecule has 1 aliphatic rings. The number of sulfonamides is 1. The number of carbonyl (C=O) groups is 2. The molecule has 2 amide bonds. The summed E-state index contributed by atoms with van der Waals surface area (Å²) in [5.41, 5.74) is 0.516. The first kappa shape index (κ1) is 23.0. The van der Waals surface area contributed by atoms with Gasteiger partial charge in [0.25, 0.3) is 0 Å². The van der Waals surface area contributed by atoms with Crippen LogP contribution in [0.4, 0.5) is 0 Å². The fraction of sp³-hybridized carbons (Fsp3) is 0.444. The van der Waals surface area contributed by atoms with Crippen molar-refractivity contribution >= 4 is 37.8 Å². The molecular weight excluding hydrogens is 418 g/mol. The van der Waals surface area contributed by atoms with Crippen molar-refractivity contribution in [1.82, 2.24) is 14.5 Å². The summed E-state index contributed by atoms with van der Waals surface area (Å²) in [6, 6.07) is 5.75. The van der Waals surface area contributed by atoms with Crippen molar-refractivity contribution in [3.8, 4) is 0 Å². The Bertz CT molecular complexity index is 1020. The Kier molecular flexibility index (Phi) is 7.20. The van der Waals surface area contributed by atoms with Gasteiger partial charge in [0, 0.05) is 33.3 Å². The van der Waals surface area contributed by atoms with Crippen LogP contribution in [0.1, 0.15) is 12.0 Å². The van der Waals surface area contributed by atoms with Gasteiger partial charge in [-0.3, -0.25) is 9.59 Å². The van der Waals surface area contributed by atoms with Crippen LogP contribution in [-0.2, 0) is 29.4 Å². The molecule has 1 unspecified atom stereocenters. The third kappa shape index (κ3) is 6.12. The third-order valence-electron chi connectivity index (χ3n) is 4.63. The van der Waals surface area contributed by atoms with E-state index < -0.39 is 25.8 Å². The number of amides is 2. The molecule has 1 atom stereocenters. The second-order valence-electron chi connectivity index (χ2n) is 6.97. The highest BCUT2D eigenvalue weighted by atomic mass is 32.2. The van der Waals surface area contributed by atoms with E-state index in [1.165, 1.54) is 50.3 Å². The maximum Gasteiger partial charge on any atom is 0.244 e. The number of likely N-dealkylation sites (N-methyl/N-ethyl adjacent to an activating group) is 1. The predicted octanol–water partition coefficient (Wildman–Crippen LogP) is -0.288. The van der Waals surface area contributed by atoms with Gasteiger partial charge >= 0.3 is 0 Å². The minimum atomic E-state index is -3.58. The summed E-state index contributed by atoms with van der Waals surface area (Å²) in [7, 11) is -2.30. The van der Waals surface area contributed by atoms with Crippen LogP contribution in [0.5, 0.6) is 0 Å². The second kappa shape index (κ2) is 9.06. The van der Waals surface area contributed by atoms with Gasteiger partial charge in [0.1, 0.15) is 0 Å². The normalized spacial score (nSPS) is 18.8. The van der Waals surface area contributed by atoms with Crippen molar-refractivity contribution < 1.29 is 26.4 Å². The smallest absolute Gasteiger partial charge is 0.244 e. The number of benzene rings is 1. The van der Waals surface area contributed by atoms with Crippen LogP contribution in [0.3, 0.4) is 0 Å². The molecule has 1 fully saturated rings. The molecule has 0 bridgehead atoms. The van der Waals surface area contributed by atoms with Gasteiger partial charge in [0.2, 0.25) is 21.8 Å². The van der Waals surface area contributed by atoms with Crippen molar-refractivity contribution in [3.63, 3.8) is 0 Å². The average Bonchev–Trinajstić information content (AvgIpc) is 3.03. The molecule has 0 radical (unpaired) electrons. The van der Waals surface area contributed by atoms with Gasteiger partial charge in [0.05, 0.1) is 22.9 Å². The highest BCUT2D eigenvalue weighted by Crippen LogP contribution is 2.17. The zero-order valence-electron chi connectivity index (χ0n) is 16.5. The SMILES string of the molecule is CN(C(=O)CNC(=O)/C=C/c1cccc(S(=O)(=O)N(C)C)c1)C1CCS(=O)(=O)C1. The van der Waals surface area contributed by atoms with Crippen LogP contribution in [-0.4, -0.2) is 83.1 Å². The molecular formula is C18H25N3O6S2. The molecule has 0 spiro atoms. The van der Waals surface area contributed by atoms with Crippen LogP contribution < -0.4 is 5.32 Å². The van der Waals surface area contributed by atoms with Crippen LogP contribution in [0, 0.1) is 0 Å². The Morgan fingerprint density at radius 3 is 2.52 bits per heavy atom. The molecule has 1 aromatic rings. The fourth-order valence-corrected chi connectivity index (χ4v) is 5.52. The Balaban J connectivity index is 1.92. The van der Waals surface area contributed by atoms with E-state index in [9.17, 15) is 26.4 Å². The van der Waals surface area contributed by atoms with Gasteiger partial charge < -0.3 is 10.2 Å². The number of nitrogens with zero attached hydrogens (tertiary/aromatic N) is 2. The third-order valence-corrected chi connectivity index (χ3v) is 8.19. The van der Waals surface area contributed by atoms with Crippen molar-refractivity contribution in [3.05, 3.63) is 35.9 Å². The molecule has 0 aromatic heterocycles. The van der Waals surface area contributed by atoms with E-state index >= 15 is 0 Å². The van der Waals surface area contributed by atoms with Gasteiger partial charge in [-0.05, 0) is 30.2 Å². The van der Waals surface area contributed by atoms with Gasteiger partial charge in [-0.15, -0.1) is 0 Å². The molecule has 2 rings (SSSR count). The van der Waals surface area contributed by atoms with E-state index in [1.54, 1.807) is 12.1 Å². The zero-order chi connectivity index (χ0) is 21.8. The van der Waals surface area contributed by atoms with E-state index in [0.29, 0.717) is 12.0 Å². The largest absolute Gasteiger partial charge is 0.343 e. The quantitative estimate of drug-likeness (QED) is 0.578. The number of nitrogens with one attached hydrogen (secondary N) is 1. The van der Waals surface area contributed by atoms with Crippen molar-refractivity contribution in [1.29, 1.82) is 0 Å². The molecule has 0 aliphatic carbocycles. The van der Waals surface area contributed by atoms with Crippen LogP contribution >= 0.6 is 0 Å². The molecule has 1 N–H and O–H groups in total. The summed E-state index contributed by atoms with van der Waals surface area (Å²) in [5, 5.41) is 2.45. The second-order valence-corrected chi connectivity index (χ2v) is 11.4. The Labute approximate surface area is 171 Å². The molecule has 0 saturated carbocycles. The Hall–Kier alpha value is -2.24. The van der Waals surface area contributed by atoms with E-state index in [0.717, 1.165) is 4.31 Å². The molecule has 1 aliphatic heterocycles. The first-order valence-corrected chi connectivity index (χ1v) is 12.1. The topological polar surface area (TPSA) is 121 Å². The summed E-state index contributed by atoms with van der Waals surface area (Å²) >= 11 is 0. The number of rotatable bonds is 7. The standard InChI is InChI=1S/C18H25N3O6S2/c1-20(2)29(26,27)16-6-4-5-14(11-16)7-8-17(22)19-12-18(23)21(3)15-9-10-28(24,25)13-15/h4-8,11,15H,9-10,12-13H2,1-3H3,(H,19,22)/b8-7+. The summed E-state index contributed by atoms with van der Waals surface area (Å²) in [6.07, 6.45) is 3.04. The summed E-state index contributed by atoms with van der Waals surface area (Å²) in [4.78, 5) is 25.6. The number of carbonyl (C=O) groups excluding carboxylic acids is 2. The predicted molar refractivity (Wildman–Crippen MR) is 109 cm³/mol. The summed E-state index contributed by atoms with van der Waals surface area (Å²) in [5.74, 6) is -0.901. The number of hydrogen-bond donors (Lipinski definition) is 1. The van der Waals surface area contributed by atoms with E-state index in [4.69, 9.17) is 0 Å². The lowest BCUT2D eigenvalue weighted by molar-refractivity contribution is -0.132. The Morgan fingerprint density at radius 1 is 1.24 bits per heavy atom. The van der Waals surface area contributed by atoms with E-state index in [1.807, 2.05) is 0 Å². The first-order valence-electron chi connectivity index (χ1n) is 8.87. The van der Waals surface area contributed by atoms with Crippen LogP contribution in [0.2, 0.25) is 0 Å². The Morgan fingerprint density at radius 2 is 1.93 bits per heavy atom. The minimum absolute atomic E-state index is 0.0602. The van der Waals surface area contributed by atoms with Crippen molar-refractivity contribution in [2.45, 2.75) is 17.4 Å². The molecule has 1 heterocycles. The van der Waals surface area contributed by atoms with E-state index in [2.05, 4.69) is 5.32 Å². The van der Waals surface area contributed by atoms with Gasteiger partial charge in [0.15, 0.2) is 9.84 Å². The maximum absolute atomic E-state index is 12.2. The highest BCUT2D eigenvalue weighted by Gasteiger charge is 2.32. The maximum atomic E-state index is 12.2. The van der Waals surface area contributed by atoms with Crippen molar-refractivity contribution in [2.75, 3.05) is 39.2 Å². The van der Waals surface area contributed by atoms with Crippen LogP contribution in [0.25, 0.3) is 6.08 Å². The molecule has 160 valence electrons. The van der Waals surface area contributed by atoms with Gasteiger partial charge in [-0.2, -0.15) is 0 Å². The molecule has 1 saturated heterocycles. The first-order chi connectivity index (χ1) is 13.4. The number of hydrogen-bond acceptors (Lipinski definition) is 6. The monoisotopic (exact) mass is 443 g/mol. The fourth-order valence-electron chi connectivity index (χ4n) is 2.79. The lowest BCUT2D eigenvalue weighted by atomic mass is 10.2. The van der Waals surface area contributed by atoms with Crippen LogP contribution in [0.15, 0.2) is 35.2 Å². The number of sulfone groups is 1. The molecule has 11 heteroatoms. The van der Waals surface area contributed by atoms with Gasteiger partial charge in [-0.1, -0.05) is 12.1 Å². The van der Waals surface area contributed by atoms with E-state index in [-0.39, 0.29) is 34.9 Å². The summed E-state index contributed by atoms with van der Waals surface area (Å²) < 4.78 is 48.4. The molecule has 29 heavy (non-hydrogen) atoms. The van der Waals surface area contributed by atoms with Crippen molar-refractivity contribution in [2.24, 2.45) is 0 Å². The average molecular weight is 444 g/mol. The lowest BCUT2D eigenvalue weighted by Gasteiger charge is -2.23. The van der Waals surface area contributed by atoms with Gasteiger partial charge in [-0.25, -0.2) is 21.1 Å². The highest BCUT2D eigenvalue weighted by molar-refractivity contribution is 7.91. The lowest BCUT2D eigenvalue weighted by Crippen LogP contribution is -2.43. The minimum Gasteiger partial charge on any atom is -0.343 e. The summed E-state index contributed by atoms with van der Waals surface area (Å²) in [6.45, 7) is -0.259. The molecule has 9 nitrogen and oxygen atoms in total. The molecule has 1 aromatic carbocycles. The zero-order valence-corrected chi connectivity index (χ0v) is 18.2.